The summed E-state index contributed by atoms with van der Waals surface area (Å²) in [6, 6.07) is 0. The predicted molar refractivity (Wildman–Crippen MR) is 63.3 cm³/mol. The van der Waals surface area contributed by atoms with Crippen molar-refractivity contribution in [2.75, 3.05) is 6.61 Å². The molecule has 0 aromatic carbocycles. The van der Waals surface area contributed by atoms with Gasteiger partial charge in [0.15, 0.2) is 0 Å². The normalized spacial score (nSPS) is 14.0. The SMILES string of the molecule is CC=CCC(C)=CCC/C(C)=C/CO. The van der Waals surface area contributed by atoms with Crippen molar-refractivity contribution in [3.05, 3.63) is 35.5 Å². The van der Waals surface area contributed by atoms with Crippen LogP contribution in [0.15, 0.2) is 35.5 Å². The van der Waals surface area contributed by atoms with Crippen molar-refractivity contribution in [1.29, 1.82) is 0 Å². The summed E-state index contributed by atoms with van der Waals surface area (Å²) in [4.78, 5) is 0. The van der Waals surface area contributed by atoms with Crippen LogP contribution in [-0.2, 0) is 0 Å². The van der Waals surface area contributed by atoms with E-state index in [0.717, 1.165) is 19.3 Å². The molecule has 0 aliphatic carbocycles. The zero-order chi connectivity index (χ0) is 10.8. The van der Waals surface area contributed by atoms with Gasteiger partial charge in [0.2, 0.25) is 0 Å². The summed E-state index contributed by atoms with van der Waals surface area (Å²) in [5.41, 5.74) is 2.68. The second kappa shape index (κ2) is 8.76. The minimum absolute atomic E-state index is 0.160. The highest BCUT2D eigenvalue weighted by Crippen LogP contribution is 2.08. The molecule has 0 aromatic rings. The Labute approximate surface area is 87.8 Å². The van der Waals surface area contributed by atoms with Crippen molar-refractivity contribution < 1.29 is 5.11 Å². The number of hydrogen-bond acceptors (Lipinski definition) is 1. The lowest BCUT2D eigenvalue weighted by molar-refractivity contribution is 0.341. The minimum Gasteiger partial charge on any atom is -0.392 e. The van der Waals surface area contributed by atoms with E-state index in [1.54, 1.807) is 0 Å². The summed E-state index contributed by atoms with van der Waals surface area (Å²) >= 11 is 0. The van der Waals surface area contributed by atoms with Crippen molar-refractivity contribution in [1.82, 2.24) is 0 Å². The van der Waals surface area contributed by atoms with E-state index >= 15 is 0 Å². The van der Waals surface area contributed by atoms with Crippen molar-refractivity contribution >= 4 is 0 Å². The van der Waals surface area contributed by atoms with Crippen LogP contribution in [0.4, 0.5) is 0 Å². The first-order valence-corrected chi connectivity index (χ1v) is 5.24. The van der Waals surface area contributed by atoms with Gasteiger partial charge in [-0.1, -0.05) is 35.5 Å². The van der Waals surface area contributed by atoms with E-state index in [0.29, 0.717) is 0 Å². The van der Waals surface area contributed by atoms with E-state index in [4.69, 9.17) is 5.11 Å². The second-order valence-corrected chi connectivity index (χ2v) is 3.60. The van der Waals surface area contributed by atoms with Gasteiger partial charge in [-0.15, -0.1) is 0 Å². The molecule has 0 unspecified atom stereocenters. The maximum absolute atomic E-state index is 8.66. The maximum Gasteiger partial charge on any atom is 0.0614 e. The standard InChI is InChI=1S/C13H22O/c1-4-5-7-12(2)8-6-9-13(3)10-11-14/h4-5,8,10,14H,6-7,9,11H2,1-3H3/b5-4?,12-8?,13-10+. The molecule has 0 fully saturated rings. The van der Waals surface area contributed by atoms with Crippen LogP contribution in [0.1, 0.15) is 40.0 Å². The Balaban J connectivity index is 3.75. The summed E-state index contributed by atoms with van der Waals surface area (Å²) in [6.45, 7) is 6.42. The lowest BCUT2D eigenvalue weighted by atomic mass is 10.1. The van der Waals surface area contributed by atoms with Gasteiger partial charge in [-0.25, -0.2) is 0 Å². The van der Waals surface area contributed by atoms with Crippen LogP contribution in [0.5, 0.6) is 0 Å². The van der Waals surface area contributed by atoms with E-state index in [9.17, 15) is 0 Å². The zero-order valence-corrected chi connectivity index (χ0v) is 9.59. The average Bonchev–Trinajstić information content (AvgIpc) is 2.15. The molecule has 0 spiro atoms. The van der Waals surface area contributed by atoms with Crippen molar-refractivity contribution in [2.45, 2.75) is 40.0 Å². The van der Waals surface area contributed by atoms with Crippen molar-refractivity contribution in [2.24, 2.45) is 0 Å². The van der Waals surface area contributed by atoms with Gasteiger partial charge in [-0.2, -0.15) is 0 Å². The van der Waals surface area contributed by atoms with Crippen LogP contribution < -0.4 is 0 Å². The Kier molecular flexibility index (Phi) is 8.25. The Morgan fingerprint density at radius 3 is 2.43 bits per heavy atom. The fraction of sp³-hybridized carbons (Fsp3) is 0.538. The minimum atomic E-state index is 0.160. The molecule has 0 saturated heterocycles. The van der Waals surface area contributed by atoms with Crippen molar-refractivity contribution in [3.8, 4) is 0 Å². The molecule has 1 N–H and O–H groups in total. The van der Waals surface area contributed by atoms with Gasteiger partial charge < -0.3 is 5.11 Å². The predicted octanol–water partition coefficient (Wildman–Crippen LogP) is 3.62. The summed E-state index contributed by atoms with van der Waals surface area (Å²) < 4.78 is 0. The molecule has 0 radical (unpaired) electrons. The summed E-state index contributed by atoms with van der Waals surface area (Å²) in [5, 5.41) is 8.66. The van der Waals surface area contributed by atoms with Crippen LogP contribution in [0.2, 0.25) is 0 Å². The van der Waals surface area contributed by atoms with Gasteiger partial charge >= 0.3 is 0 Å². The molecule has 0 atom stereocenters. The molecule has 0 amide bonds. The molecule has 0 aliphatic heterocycles. The highest BCUT2D eigenvalue weighted by atomic mass is 16.2. The second-order valence-electron chi connectivity index (χ2n) is 3.60. The Hall–Kier alpha value is -0.820. The van der Waals surface area contributed by atoms with E-state index in [1.807, 2.05) is 13.0 Å². The maximum atomic E-state index is 8.66. The smallest absolute Gasteiger partial charge is 0.0614 e. The van der Waals surface area contributed by atoms with Crippen LogP contribution in [0.25, 0.3) is 0 Å². The van der Waals surface area contributed by atoms with Crippen LogP contribution >= 0.6 is 0 Å². The van der Waals surface area contributed by atoms with Crippen LogP contribution in [0.3, 0.4) is 0 Å². The fourth-order valence-electron chi connectivity index (χ4n) is 1.19. The Bertz CT molecular complexity index is 221. The number of aliphatic hydroxyl groups is 1. The molecule has 80 valence electrons. The highest BCUT2D eigenvalue weighted by molar-refractivity contribution is 5.06. The first-order valence-electron chi connectivity index (χ1n) is 5.24. The topological polar surface area (TPSA) is 20.2 Å². The summed E-state index contributed by atoms with van der Waals surface area (Å²) in [5.74, 6) is 0. The molecular weight excluding hydrogens is 172 g/mol. The third-order valence-electron chi connectivity index (χ3n) is 2.15. The highest BCUT2D eigenvalue weighted by Gasteiger charge is 1.89. The average molecular weight is 194 g/mol. The molecule has 14 heavy (non-hydrogen) atoms. The number of hydrogen-bond donors (Lipinski definition) is 1. The first-order chi connectivity index (χ1) is 6.70. The zero-order valence-electron chi connectivity index (χ0n) is 9.59. The molecule has 0 saturated carbocycles. The molecule has 0 heterocycles. The molecule has 1 nitrogen and oxygen atoms in total. The van der Waals surface area contributed by atoms with Gasteiger partial charge in [-0.3, -0.25) is 0 Å². The lowest BCUT2D eigenvalue weighted by Crippen LogP contribution is -1.81. The largest absolute Gasteiger partial charge is 0.392 e. The quantitative estimate of drug-likeness (QED) is 0.640. The number of allylic oxidation sites excluding steroid dienone is 5. The molecular formula is C13H22O. The van der Waals surface area contributed by atoms with Crippen molar-refractivity contribution in [3.63, 3.8) is 0 Å². The third-order valence-corrected chi connectivity index (χ3v) is 2.15. The van der Waals surface area contributed by atoms with E-state index in [2.05, 4.69) is 32.1 Å². The Morgan fingerprint density at radius 1 is 1.14 bits per heavy atom. The molecule has 0 aliphatic rings. The van der Waals surface area contributed by atoms with E-state index < -0.39 is 0 Å². The molecule has 1 heteroatoms. The van der Waals surface area contributed by atoms with E-state index in [-0.39, 0.29) is 6.61 Å². The number of aliphatic hydroxyl groups excluding tert-OH is 1. The van der Waals surface area contributed by atoms with E-state index in [1.165, 1.54) is 11.1 Å². The summed E-state index contributed by atoms with van der Waals surface area (Å²) in [7, 11) is 0. The number of rotatable bonds is 6. The van der Waals surface area contributed by atoms with Crippen LogP contribution in [0, 0.1) is 0 Å². The first kappa shape index (κ1) is 13.2. The monoisotopic (exact) mass is 194 g/mol. The fourth-order valence-corrected chi connectivity index (χ4v) is 1.19. The lowest BCUT2D eigenvalue weighted by Gasteiger charge is -1.98. The Morgan fingerprint density at radius 2 is 1.86 bits per heavy atom. The van der Waals surface area contributed by atoms with Gasteiger partial charge in [-0.05, 0) is 40.0 Å². The van der Waals surface area contributed by atoms with Gasteiger partial charge in [0.05, 0.1) is 6.61 Å². The molecule has 0 rings (SSSR count). The van der Waals surface area contributed by atoms with Gasteiger partial charge in [0.1, 0.15) is 0 Å². The summed E-state index contributed by atoms with van der Waals surface area (Å²) in [6.07, 6.45) is 11.6. The molecule has 0 aromatic heterocycles. The van der Waals surface area contributed by atoms with Gasteiger partial charge in [0.25, 0.3) is 0 Å². The van der Waals surface area contributed by atoms with Gasteiger partial charge in [0, 0.05) is 0 Å². The van der Waals surface area contributed by atoms with Crippen LogP contribution in [-0.4, -0.2) is 11.7 Å². The molecule has 0 bridgehead atoms. The third kappa shape index (κ3) is 7.81.